The zero-order chi connectivity index (χ0) is 19.0. The molecular formula is C19H17N3O4S. The van der Waals surface area contributed by atoms with E-state index in [9.17, 15) is 14.7 Å². The maximum absolute atomic E-state index is 11.6. The third-order valence-electron chi connectivity index (χ3n) is 4.44. The van der Waals surface area contributed by atoms with Crippen LogP contribution in [-0.2, 0) is 24.9 Å². The summed E-state index contributed by atoms with van der Waals surface area (Å²) in [6.45, 7) is 0.292. The number of aromatic hydroxyl groups is 1. The number of aryl methyl sites for hydroxylation is 1. The number of hydrogen-bond acceptors (Lipinski definition) is 6. The fourth-order valence-electron chi connectivity index (χ4n) is 2.97. The zero-order valence-electron chi connectivity index (χ0n) is 14.5. The number of imidazole rings is 1. The summed E-state index contributed by atoms with van der Waals surface area (Å²) in [6.07, 6.45) is 0.497. The summed E-state index contributed by atoms with van der Waals surface area (Å²) in [5.41, 5.74) is 2.60. The number of carbonyl (C=O) groups is 2. The molecular weight excluding hydrogens is 366 g/mol. The third kappa shape index (κ3) is 3.61. The normalized spacial score (nSPS) is 16.7. The number of ether oxygens (including phenoxy) is 1. The molecule has 7 nitrogen and oxygen atoms in total. The van der Waals surface area contributed by atoms with Crippen LogP contribution in [0.3, 0.4) is 0 Å². The van der Waals surface area contributed by atoms with Gasteiger partial charge in [-0.05, 0) is 36.2 Å². The second-order valence-electron chi connectivity index (χ2n) is 6.28. The molecule has 1 aliphatic heterocycles. The van der Waals surface area contributed by atoms with E-state index in [2.05, 4.69) is 10.3 Å². The summed E-state index contributed by atoms with van der Waals surface area (Å²) in [5.74, 6) is 1.40. The molecule has 3 aromatic rings. The van der Waals surface area contributed by atoms with Gasteiger partial charge in [-0.25, -0.2) is 4.98 Å². The number of carbonyl (C=O) groups excluding carboxylic acids is 2. The molecule has 1 atom stereocenters. The Bertz CT molecular complexity index is 1030. The van der Waals surface area contributed by atoms with E-state index in [4.69, 9.17) is 4.74 Å². The van der Waals surface area contributed by atoms with Crippen molar-refractivity contribution in [1.29, 1.82) is 0 Å². The van der Waals surface area contributed by atoms with E-state index >= 15 is 0 Å². The average molecular weight is 383 g/mol. The summed E-state index contributed by atoms with van der Waals surface area (Å²) in [6, 6.07) is 12.5. The molecule has 0 radical (unpaired) electrons. The highest BCUT2D eigenvalue weighted by atomic mass is 32.2. The van der Waals surface area contributed by atoms with Crippen molar-refractivity contribution in [2.75, 3.05) is 0 Å². The molecule has 8 heteroatoms. The van der Waals surface area contributed by atoms with E-state index in [1.807, 2.05) is 35.9 Å². The molecule has 1 saturated heterocycles. The number of hydrogen-bond donors (Lipinski definition) is 2. The van der Waals surface area contributed by atoms with Gasteiger partial charge in [0.05, 0.1) is 16.3 Å². The first-order valence-electron chi connectivity index (χ1n) is 8.37. The monoisotopic (exact) mass is 383 g/mol. The molecule has 0 bridgehead atoms. The molecule has 0 aliphatic carbocycles. The number of thioether (sulfide) groups is 1. The van der Waals surface area contributed by atoms with Crippen LogP contribution in [0.15, 0.2) is 42.5 Å². The van der Waals surface area contributed by atoms with Crippen LogP contribution < -0.4 is 10.1 Å². The second kappa shape index (κ2) is 6.96. The molecule has 2 heterocycles. The Morgan fingerprint density at radius 2 is 2.00 bits per heavy atom. The molecule has 2 aromatic carbocycles. The van der Waals surface area contributed by atoms with E-state index in [1.54, 1.807) is 18.2 Å². The number of phenolic OH excluding ortho intramolecular Hbond substituents is 1. The third-order valence-corrected chi connectivity index (χ3v) is 5.42. The highest BCUT2D eigenvalue weighted by molar-refractivity contribution is 8.15. The first-order chi connectivity index (χ1) is 13.0. The van der Waals surface area contributed by atoms with Crippen molar-refractivity contribution in [2.45, 2.75) is 18.3 Å². The minimum absolute atomic E-state index is 0.198. The van der Waals surface area contributed by atoms with E-state index in [1.165, 1.54) is 0 Å². The number of nitrogens with zero attached hydrogens (tertiary/aromatic N) is 2. The topological polar surface area (TPSA) is 93.5 Å². The smallest absolute Gasteiger partial charge is 0.286 e. The minimum Gasteiger partial charge on any atom is -0.508 e. The van der Waals surface area contributed by atoms with Crippen LogP contribution in [0.1, 0.15) is 11.4 Å². The van der Waals surface area contributed by atoms with Crippen LogP contribution in [0.4, 0.5) is 4.79 Å². The maximum Gasteiger partial charge on any atom is 0.286 e. The molecule has 1 aromatic heterocycles. The summed E-state index contributed by atoms with van der Waals surface area (Å²) < 4.78 is 7.70. The van der Waals surface area contributed by atoms with Crippen LogP contribution in [0.5, 0.6) is 11.5 Å². The maximum atomic E-state index is 11.6. The molecule has 1 unspecified atom stereocenters. The van der Waals surface area contributed by atoms with Gasteiger partial charge < -0.3 is 14.4 Å². The van der Waals surface area contributed by atoms with Gasteiger partial charge in [0.1, 0.15) is 23.9 Å². The lowest BCUT2D eigenvalue weighted by atomic mass is 10.1. The Balaban J connectivity index is 1.41. The fraction of sp³-hybridized carbons (Fsp3) is 0.211. The van der Waals surface area contributed by atoms with Gasteiger partial charge >= 0.3 is 0 Å². The van der Waals surface area contributed by atoms with Crippen molar-refractivity contribution < 1.29 is 19.4 Å². The number of imide groups is 1. The fourth-order valence-corrected chi connectivity index (χ4v) is 3.83. The molecule has 0 spiro atoms. The zero-order valence-corrected chi connectivity index (χ0v) is 15.3. The standard InChI is InChI=1S/C19H17N3O4S/c1-22-15-9-12(23)4-7-14(15)20-17(22)10-26-13-5-2-11(3-6-13)8-16-18(24)21-19(25)27-16/h2-7,9,16,23H,8,10H2,1H3,(H,21,24,25). The Hall–Kier alpha value is -3.00. The van der Waals surface area contributed by atoms with E-state index in [0.29, 0.717) is 18.8 Å². The van der Waals surface area contributed by atoms with Crippen LogP contribution in [0.2, 0.25) is 0 Å². The molecule has 1 aliphatic rings. The van der Waals surface area contributed by atoms with Gasteiger partial charge in [-0.2, -0.15) is 0 Å². The van der Waals surface area contributed by atoms with E-state index in [-0.39, 0.29) is 22.1 Å². The number of aromatic nitrogens is 2. The van der Waals surface area contributed by atoms with Crippen molar-refractivity contribution in [1.82, 2.24) is 14.9 Å². The summed E-state index contributed by atoms with van der Waals surface area (Å²) >= 11 is 1.03. The molecule has 138 valence electrons. The number of fused-ring (bicyclic) bond motifs is 1. The molecule has 2 amide bonds. The molecule has 27 heavy (non-hydrogen) atoms. The Labute approximate surface area is 159 Å². The lowest BCUT2D eigenvalue weighted by Gasteiger charge is -2.09. The quantitative estimate of drug-likeness (QED) is 0.704. The van der Waals surface area contributed by atoms with Crippen LogP contribution in [0, 0.1) is 0 Å². The van der Waals surface area contributed by atoms with Crippen molar-refractivity contribution in [2.24, 2.45) is 7.05 Å². The first kappa shape index (κ1) is 17.4. The van der Waals surface area contributed by atoms with E-state index < -0.39 is 0 Å². The van der Waals surface area contributed by atoms with Gasteiger partial charge in [0.25, 0.3) is 5.24 Å². The van der Waals surface area contributed by atoms with Gasteiger partial charge in [-0.1, -0.05) is 23.9 Å². The number of nitrogens with one attached hydrogen (secondary N) is 1. The number of phenols is 1. The highest BCUT2D eigenvalue weighted by Gasteiger charge is 2.31. The average Bonchev–Trinajstić information content (AvgIpc) is 3.13. The van der Waals surface area contributed by atoms with Crippen LogP contribution in [0.25, 0.3) is 11.0 Å². The van der Waals surface area contributed by atoms with Crippen molar-refractivity contribution in [3.05, 3.63) is 53.9 Å². The molecule has 2 N–H and O–H groups in total. The van der Waals surface area contributed by atoms with Crippen LogP contribution >= 0.6 is 11.8 Å². The van der Waals surface area contributed by atoms with E-state index in [0.717, 1.165) is 34.2 Å². The summed E-state index contributed by atoms with van der Waals surface area (Å²) in [5, 5.41) is 11.2. The lowest BCUT2D eigenvalue weighted by molar-refractivity contribution is -0.118. The van der Waals surface area contributed by atoms with Gasteiger partial charge in [0.2, 0.25) is 5.91 Å². The van der Waals surface area contributed by atoms with Gasteiger partial charge in [-0.3, -0.25) is 14.9 Å². The van der Waals surface area contributed by atoms with Crippen molar-refractivity contribution in [3.63, 3.8) is 0 Å². The van der Waals surface area contributed by atoms with Crippen molar-refractivity contribution in [3.8, 4) is 11.5 Å². The Kier molecular flexibility index (Phi) is 4.49. The first-order valence-corrected chi connectivity index (χ1v) is 9.25. The number of benzene rings is 2. The van der Waals surface area contributed by atoms with Gasteiger partial charge in [-0.15, -0.1) is 0 Å². The summed E-state index contributed by atoms with van der Waals surface area (Å²) in [7, 11) is 1.88. The lowest BCUT2D eigenvalue weighted by Crippen LogP contribution is -2.25. The number of rotatable bonds is 5. The minimum atomic E-state index is -0.374. The van der Waals surface area contributed by atoms with Crippen molar-refractivity contribution >= 4 is 33.9 Å². The SMILES string of the molecule is Cn1c(COc2ccc(CC3SC(=O)NC3=O)cc2)nc2ccc(O)cc21. The van der Waals surface area contributed by atoms with Gasteiger partial charge in [0.15, 0.2) is 0 Å². The number of amides is 2. The highest BCUT2D eigenvalue weighted by Crippen LogP contribution is 2.24. The molecule has 4 rings (SSSR count). The van der Waals surface area contributed by atoms with Crippen LogP contribution in [-0.4, -0.2) is 31.1 Å². The Morgan fingerprint density at radius 1 is 1.22 bits per heavy atom. The predicted octanol–water partition coefficient (Wildman–Crippen LogP) is 2.75. The predicted molar refractivity (Wildman–Crippen MR) is 102 cm³/mol. The largest absolute Gasteiger partial charge is 0.508 e. The Morgan fingerprint density at radius 3 is 2.70 bits per heavy atom. The van der Waals surface area contributed by atoms with Gasteiger partial charge in [0, 0.05) is 13.1 Å². The summed E-state index contributed by atoms with van der Waals surface area (Å²) in [4.78, 5) is 27.4. The molecule has 1 fully saturated rings. The molecule has 0 saturated carbocycles. The second-order valence-corrected chi connectivity index (χ2v) is 7.46.